The van der Waals surface area contributed by atoms with E-state index in [0.29, 0.717) is 28.4 Å². The summed E-state index contributed by atoms with van der Waals surface area (Å²) in [4.78, 5) is 6.43. The Balaban J connectivity index is 1.77. The molecule has 138 valence electrons. The van der Waals surface area contributed by atoms with Crippen LogP contribution in [0.4, 0.5) is 11.6 Å². The van der Waals surface area contributed by atoms with Gasteiger partial charge < -0.3 is 18.2 Å². The Morgan fingerprint density at radius 1 is 0.964 bits per heavy atom. The lowest BCUT2D eigenvalue weighted by Gasteiger charge is -2.11. The molecule has 0 bridgehead atoms. The Hall–Kier alpha value is -3.98. The highest BCUT2D eigenvalue weighted by Crippen LogP contribution is 2.42. The molecule has 0 fully saturated rings. The lowest BCUT2D eigenvalue weighted by molar-refractivity contribution is 0.527. The molecule has 0 aliphatic heterocycles. The summed E-state index contributed by atoms with van der Waals surface area (Å²) in [6, 6.07) is 17.1. The Labute approximate surface area is 161 Å². The number of benzene rings is 1. The molecule has 0 aliphatic carbocycles. The number of rotatable bonds is 5. The normalized spacial score (nSPS) is 11.0. The van der Waals surface area contributed by atoms with Gasteiger partial charge in [-0.25, -0.2) is 4.99 Å². The van der Waals surface area contributed by atoms with Gasteiger partial charge in [0.2, 0.25) is 5.88 Å². The van der Waals surface area contributed by atoms with Gasteiger partial charge in [0.25, 0.3) is 0 Å². The van der Waals surface area contributed by atoms with Crippen molar-refractivity contribution < 1.29 is 13.3 Å². The molecule has 6 heteroatoms. The SMILES string of the molecule is CN(C)c1ccc(/C=N/c2oc(-c3ccco3)c(-c3ccco3)c2C#N)cc1. The molecule has 0 atom stereocenters. The number of furan rings is 3. The molecule has 3 heterocycles. The van der Waals surface area contributed by atoms with Crippen molar-refractivity contribution in [1.82, 2.24) is 0 Å². The van der Waals surface area contributed by atoms with Gasteiger partial charge in [0, 0.05) is 26.0 Å². The van der Waals surface area contributed by atoms with Gasteiger partial charge in [-0.2, -0.15) is 5.26 Å². The molecule has 28 heavy (non-hydrogen) atoms. The fourth-order valence-electron chi connectivity index (χ4n) is 2.84. The fourth-order valence-corrected chi connectivity index (χ4v) is 2.84. The van der Waals surface area contributed by atoms with Gasteiger partial charge in [0.15, 0.2) is 11.5 Å². The van der Waals surface area contributed by atoms with E-state index in [1.807, 2.05) is 43.3 Å². The van der Waals surface area contributed by atoms with Crippen LogP contribution in [-0.4, -0.2) is 20.3 Å². The van der Waals surface area contributed by atoms with E-state index in [9.17, 15) is 5.26 Å². The monoisotopic (exact) mass is 371 g/mol. The third-order valence-electron chi connectivity index (χ3n) is 4.25. The van der Waals surface area contributed by atoms with E-state index in [1.165, 1.54) is 0 Å². The van der Waals surface area contributed by atoms with Crippen molar-refractivity contribution in [3.8, 4) is 28.9 Å². The zero-order valence-corrected chi connectivity index (χ0v) is 15.4. The first-order valence-corrected chi connectivity index (χ1v) is 8.63. The maximum Gasteiger partial charge on any atom is 0.238 e. The van der Waals surface area contributed by atoms with Gasteiger partial charge in [-0.15, -0.1) is 0 Å². The van der Waals surface area contributed by atoms with Crippen LogP contribution in [0.3, 0.4) is 0 Å². The molecular formula is C22H17N3O3. The Morgan fingerprint density at radius 3 is 2.21 bits per heavy atom. The molecule has 0 amide bonds. The van der Waals surface area contributed by atoms with E-state index in [2.05, 4.69) is 11.1 Å². The van der Waals surface area contributed by atoms with E-state index in [1.54, 1.807) is 43.0 Å². The second-order valence-electron chi connectivity index (χ2n) is 6.30. The molecule has 0 N–H and O–H groups in total. The lowest BCUT2D eigenvalue weighted by Crippen LogP contribution is -2.08. The van der Waals surface area contributed by atoms with E-state index in [-0.39, 0.29) is 5.88 Å². The second-order valence-corrected chi connectivity index (χ2v) is 6.30. The van der Waals surface area contributed by atoms with Crippen LogP contribution in [0, 0.1) is 11.3 Å². The summed E-state index contributed by atoms with van der Waals surface area (Å²) < 4.78 is 16.9. The lowest BCUT2D eigenvalue weighted by atomic mass is 10.1. The number of nitrogens with zero attached hydrogens (tertiary/aromatic N) is 3. The minimum Gasteiger partial charge on any atom is -0.464 e. The van der Waals surface area contributed by atoms with Crippen LogP contribution in [0.15, 0.2) is 79.3 Å². The van der Waals surface area contributed by atoms with Crippen LogP contribution in [-0.2, 0) is 0 Å². The zero-order valence-electron chi connectivity index (χ0n) is 15.4. The van der Waals surface area contributed by atoms with Crippen molar-refractivity contribution in [2.24, 2.45) is 4.99 Å². The first kappa shape index (κ1) is 17.4. The summed E-state index contributed by atoms with van der Waals surface area (Å²) in [5, 5.41) is 9.74. The van der Waals surface area contributed by atoms with Crippen LogP contribution in [0.2, 0.25) is 0 Å². The summed E-state index contributed by atoms with van der Waals surface area (Å²) in [5.74, 6) is 1.63. The molecule has 0 saturated carbocycles. The van der Waals surface area contributed by atoms with Crippen molar-refractivity contribution >= 4 is 17.8 Å². The third kappa shape index (κ3) is 3.21. The topological polar surface area (TPSA) is 78.8 Å². The average molecular weight is 371 g/mol. The van der Waals surface area contributed by atoms with E-state index in [0.717, 1.165) is 11.3 Å². The molecule has 0 unspecified atom stereocenters. The van der Waals surface area contributed by atoms with Crippen LogP contribution < -0.4 is 4.90 Å². The summed E-state index contributed by atoms with van der Waals surface area (Å²) in [7, 11) is 3.97. The summed E-state index contributed by atoms with van der Waals surface area (Å²) in [6.07, 6.45) is 4.76. The summed E-state index contributed by atoms with van der Waals surface area (Å²) in [6.45, 7) is 0. The first-order valence-electron chi connectivity index (χ1n) is 8.63. The molecule has 3 aromatic heterocycles. The third-order valence-corrected chi connectivity index (χ3v) is 4.25. The number of anilines is 1. The number of nitriles is 1. The highest BCUT2D eigenvalue weighted by Gasteiger charge is 2.25. The van der Waals surface area contributed by atoms with Crippen molar-refractivity contribution in [2.45, 2.75) is 0 Å². The second kappa shape index (κ2) is 7.33. The van der Waals surface area contributed by atoms with E-state index < -0.39 is 0 Å². The number of hydrogen-bond acceptors (Lipinski definition) is 6. The zero-order chi connectivity index (χ0) is 19.5. The van der Waals surface area contributed by atoms with Crippen molar-refractivity contribution in [3.05, 3.63) is 72.2 Å². The number of aliphatic imine (C=N–C) groups is 1. The quantitative estimate of drug-likeness (QED) is 0.434. The molecule has 0 spiro atoms. The van der Waals surface area contributed by atoms with Gasteiger partial charge >= 0.3 is 0 Å². The largest absolute Gasteiger partial charge is 0.464 e. The molecule has 0 saturated heterocycles. The maximum absolute atomic E-state index is 9.74. The van der Waals surface area contributed by atoms with Crippen LogP contribution >= 0.6 is 0 Å². The van der Waals surface area contributed by atoms with Crippen LogP contribution in [0.25, 0.3) is 22.8 Å². The van der Waals surface area contributed by atoms with Gasteiger partial charge in [-0.1, -0.05) is 12.1 Å². The highest BCUT2D eigenvalue weighted by molar-refractivity contribution is 5.87. The Bertz CT molecular complexity index is 1130. The molecule has 1 aromatic carbocycles. The molecule has 0 aliphatic rings. The van der Waals surface area contributed by atoms with E-state index >= 15 is 0 Å². The van der Waals surface area contributed by atoms with Crippen LogP contribution in [0.5, 0.6) is 0 Å². The molecule has 6 nitrogen and oxygen atoms in total. The van der Waals surface area contributed by atoms with Crippen molar-refractivity contribution in [1.29, 1.82) is 5.26 Å². The molecule has 4 aromatic rings. The Kier molecular flexibility index (Phi) is 4.56. The standard InChI is InChI=1S/C22H17N3O3/c1-25(2)16-9-7-15(8-10-16)14-24-22-17(13-23)20(18-5-3-11-26-18)21(28-22)19-6-4-12-27-19/h3-12,14H,1-2H3/b24-14+. The van der Waals surface area contributed by atoms with Gasteiger partial charge in [-0.3, -0.25) is 0 Å². The van der Waals surface area contributed by atoms with Crippen LogP contribution in [0.1, 0.15) is 11.1 Å². The summed E-state index contributed by atoms with van der Waals surface area (Å²) >= 11 is 0. The van der Waals surface area contributed by atoms with E-state index in [4.69, 9.17) is 13.3 Å². The highest BCUT2D eigenvalue weighted by atomic mass is 16.4. The number of hydrogen-bond donors (Lipinski definition) is 0. The smallest absolute Gasteiger partial charge is 0.238 e. The minimum absolute atomic E-state index is 0.206. The van der Waals surface area contributed by atoms with Crippen molar-refractivity contribution in [3.63, 3.8) is 0 Å². The fraction of sp³-hybridized carbons (Fsp3) is 0.0909. The first-order chi connectivity index (χ1) is 13.7. The molecule has 4 rings (SSSR count). The van der Waals surface area contributed by atoms with Gasteiger partial charge in [-0.05, 0) is 42.0 Å². The van der Waals surface area contributed by atoms with Gasteiger partial charge in [0.05, 0.1) is 18.1 Å². The average Bonchev–Trinajstić information content (AvgIpc) is 3.46. The van der Waals surface area contributed by atoms with Crippen molar-refractivity contribution in [2.75, 3.05) is 19.0 Å². The minimum atomic E-state index is 0.206. The predicted molar refractivity (Wildman–Crippen MR) is 107 cm³/mol. The summed E-state index contributed by atoms with van der Waals surface area (Å²) in [5.41, 5.74) is 2.80. The predicted octanol–water partition coefficient (Wildman–Crippen LogP) is 5.49. The molecular weight excluding hydrogens is 354 g/mol. The Morgan fingerprint density at radius 2 is 1.64 bits per heavy atom. The van der Waals surface area contributed by atoms with Gasteiger partial charge in [0.1, 0.15) is 17.4 Å². The maximum atomic E-state index is 9.74. The molecule has 0 radical (unpaired) electrons.